The SMILES string of the molecule is CN(C(=O)C(C)(C)C)C1CCC(CC#N)CC1. The van der Waals surface area contributed by atoms with Crippen LogP contribution < -0.4 is 0 Å². The van der Waals surface area contributed by atoms with Gasteiger partial charge in [-0.05, 0) is 31.6 Å². The molecule has 0 aromatic heterocycles. The molecule has 0 bridgehead atoms. The van der Waals surface area contributed by atoms with Crippen molar-refractivity contribution >= 4 is 5.91 Å². The topological polar surface area (TPSA) is 44.1 Å². The van der Waals surface area contributed by atoms with Crippen LogP contribution in [0.2, 0.25) is 0 Å². The van der Waals surface area contributed by atoms with E-state index in [1.807, 2.05) is 32.7 Å². The Labute approximate surface area is 105 Å². The maximum atomic E-state index is 12.1. The van der Waals surface area contributed by atoms with Crippen molar-refractivity contribution in [1.29, 1.82) is 5.26 Å². The number of amides is 1. The van der Waals surface area contributed by atoms with E-state index < -0.39 is 0 Å². The first kappa shape index (κ1) is 14.0. The number of nitrogens with zero attached hydrogens (tertiary/aromatic N) is 2. The zero-order valence-electron chi connectivity index (χ0n) is 11.5. The molecule has 1 fully saturated rings. The summed E-state index contributed by atoms with van der Waals surface area (Å²) in [6, 6.07) is 2.62. The van der Waals surface area contributed by atoms with Gasteiger partial charge in [0.25, 0.3) is 0 Å². The molecule has 17 heavy (non-hydrogen) atoms. The normalized spacial score (nSPS) is 25.1. The fourth-order valence-electron chi connectivity index (χ4n) is 2.56. The van der Waals surface area contributed by atoms with Crippen molar-refractivity contribution in [2.75, 3.05) is 7.05 Å². The average Bonchev–Trinajstić information content (AvgIpc) is 2.27. The van der Waals surface area contributed by atoms with Crippen LogP contribution in [0.1, 0.15) is 52.9 Å². The summed E-state index contributed by atoms with van der Waals surface area (Å²) < 4.78 is 0. The molecule has 3 nitrogen and oxygen atoms in total. The molecule has 1 rings (SSSR count). The molecule has 0 atom stereocenters. The van der Waals surface area contributed by atoms with E-state index in [2.05, 4.69) is 6.07 Å². The minimum absolute atomic E-state index is 0.223. The van der Waals surface area contributed by atoms with Gasteiger partial charge in [-0.1, -0.05) is 20.8 Å². The second-order valence-corrected chi connectivity index (χ2v) is 6.20. The van der Waals surface area contributed by atoms with Crippen LogP contribution in [-0.4, -0.2) is 23.9 Å². The lowest BCUT2D eigenvalue weighted by molar-refractivity contribution is -0.141. The first-order chi connectivity index (χ1) is 7.86. The van der Waals surface area contributed by atoms with Crippen LogP contribution in [-0.2, 0) is 4.79 Å². The van der Waals surface area contributed by atoms with Crippen LogP contribution in [0.15, 0.2) is 0 Å². The van der Waals surface area contributed by atoms with Crippen LogP contribution in [0.3, 0.4) is 0 Å². The summed E-state index contributed by atoms with van der Waals surface area (Å²) in [5.41, 5.74) is -0.293. The second kappa shape index (κ2) is 5.53. The molecule has 1 amide bonds. The highest BCUT2D eigenvalue weighted by molar-refractivity contribution is 5.81. The number of rotatable bonds is 2. The van der Waals surface area contributed by atoms with Crippen molar-refractivity contribution in [3.63, 3.8) is 0 Å². The van der Waals surface area contributed by atoms with Crippen molar-refractivity contribution in [3.8, 4) is 6.07 Å². The smallest absolute Gasteiger partial charge is 0.227 e. The molecule has 3 heteroatoms. The highest BCUT2D eigenvalue weighted by Crippen LogP contribution is 2.30. The van der Waals surface area contributed by atoms with Gasteiger partial charge in [-0.2, -0.15) is 5.26 Å². The fraction of sp³-hybridized carbons (Fsp3) is 0.857. The molecule has 0 spiro atoms. The van der Waals surface area contributed by atoms with Gasteiger partial charge < -0.3 is 4.90 Å². The van der Waals surface area contributed by atoms with Gasteiger partial charge in [0.15, 0.2) is 0 Å². The summed E-state index contributed by atoms with van der Waals surface area (Å²) in [6.45, 7) is 5.90. The predicted octanol–water partition coefficient (Wildman–Crippen LogP) is 2.96. The number of carbonyl (C=O) groups is 1. The Kier molecular flexibility index (Phi) is 4.56. The van der Waals surface area contributed by atoms with Gasteiger partial charge in [0, 0.05) is 24.9 Å². The lowest BCUT2D eigenvalue weighted by Gasteiger charge is -2.37. The van der Waals surface area contributed by atoms with Crippen molar-refractivity contribution < 1.29 is 4.79 Å². The molecule has 0 aromatic rings. The summed E-state index contributed by atoms with van der Waals surface area (Å²) in [7, 11) is 1.92. The largest absolute Gasteiger partial charge is 0.342 e. The minimum Gasteiger partial charge on any atom is -0.342 e. The predicted molar refractivity (Wildman–Crippen MR) is 68.2 cm³/mol. The van der Waals surface area contributed by atoms with Gasteiger partial charge in [-0.3, -0.25) is 4.79 Å². The molecule has 0 saturated heterocycles. The molecule has 0 unspecified atom stereocenters. The van der Waals surface area contributed by atoms with E-state index in [1.54, 1.807) is 0 Å². The summed E-state index contributed by atoms with van der Waals surface area (Å²) >= 11 is 0. The molecule has 0 aromatic carbocycles. The van der Waals surface area contributed by atoms with Gasteiger partial charge in [-0.15, -0.1) is 0 Å². The maximum Gasteiger partial charge on any atom is 0.227 e. The third kappa shape index (κ3) is 3.73. The first-order valence-corrected chi connectivity index (χ1v) is 6.50. The Morgan fingerprint density at radius 1 is 1.29 bits per heavy atom. The van der Waals surface area contributed by atoms with E-state index in [0.717, 1.165) is 25.7 Å². The molecule has 0 aliphatic heterocycles. The van der Waals surface area contributed by atoms with E-state index in [4.69, 9.17) is 5.26 Å². The van der Waals surface area contributed by atoms with Gasteiger partial charge in [0.2, 0.25) is 5.91 Å². The van der Waals surface area contributed by atoms with E-state index in [1.165, 1.54) is 0 Å². The third-order valence-electron chi connectivity index (χ3n) is 3.71. The Hall–Kier alpha value is -1.04. The maximum absolute atomic E-state index is 12.1. The van der Waals surface area contributed by atoms with Crippen molar-refractivity contribution in [2.24, 2.45) is 11.3 Å². The fourth-order valence-corrected chi connectivity index (χ4v) is 2.56. The first-order valence-electron chi connectivity index (χ1n) is 6.50. The molecule has 1 saturated carbocycles. The van der Waals surface area contributed by atoms with Crippen molar-refractivity contribution in [3.05, 3.63) is 0 Å². The molecule has 96 valence electrons. The molecule has 0 N–H and O–H groups in total. The highest BCUT2D eigenvalue weighted by Gasteiger charge is 2.31. The van der Waals surface area contributed by atoms with Crippen LogP contribution in [0.25, 0.3) is 0 Å². The summed E-state index contributed by atoms with van der Waals surface area (Å²) in [6.07, 6.45) is 4.93. The van der Waals surface area contributed by atoms with Crippen LogP contribution >= 0.6 is 0 Å². The molecule has 0 heterocycles. The molecule has 1 aliphatic rings. The Morgan fingerprint density at radius 2 is 1.82 bits per heavy atom. The van der Waals surface area contributed by atoms with Crippen LogP contribution in [0, 0.1) is 22.7 Å². The molecule has 1 aliphatic carbocycles. The third-order valence-corrected chi connectivity index (χ3v) is 3.71. The molecular formula is C14H24N2O. The zero-order chi connectivity index (χ0) is 13.1. The second-order valence-electron chi connectivity index (χ2n) is 6.20. The van der Waals surface area contributed by atoms with Gasteiger partial charge in [-0.25, -0.2) is 0 Å². The van der Waals surface area contributed by atoms with Crippen molar-refractivity contribution in [1.82, 2.24) is 4.90 Å². The van der Waals surface area contributed by atoms with Gasteiger partial charge >= 0.3 is 0 Å². The quantitative estimate of drug-likeness (QED) is 0.740. The number of hydrogen-bond donors (Lipinski definition) is 0. The molecular weight excluding hydrogens is 212 g/mol. The van der Waals surface area contributed by atoms with Gasteiger partial charge in [0.05, 0.1) is 6.07 Å². The van der Waals surface area contributed by atoms with E-state index in [9.17, 15) is 4.79 Å². The Morgan fingerprint density at radius 3 is 2.24 bits per heavy atom. The van der Waals surface area contributed by atoms with E-state index in [0.29, 0.717) is 18.4 Å². The Balaban J connectivity index is 2.49. The zero-order valence-corrected chi connectivity index (χ0v) is 11.5. The minimum atomic E-state index is -0.293. The van der Waals surface area contributed by atoms with Crippen molar-refractivity contribution in [2.45, 2.75) is 58.9 Å². The average molecular weight is 236 g/mol. The molecule has 0 radical (unpaired) electrons. The lowest BCUT2D eigenvalue weighted by atomic mass is 9.83. The standard InChI is InChI=1S/C14H24N2O/c1-14(2,3)13(17)16(4)12-7-5-11(6-8-12)9-10-15/h11-12H,5-9H2,1-4H3. The summed E-state index contributed by atoms with van der Waals surface area (Å²) in [5.74, 6) is 0.774. The van der Waals surface area contributed by atoms with Crippen LogP contribution in [0.5, 0.6) is 0 Å². The van der Waals surface area contributed by atoms with E-state index >= 15 is 0 Å². The van der Waals surface area contributed by atoms with Gasteiger partial charge in [0.1, 0.15) is 0 Å². The monoisotopic (exact) mass is 236 g/mol. The lowest BCUT2D eigenvalue weighted by Crippen LogP contribution is -2.44. The summed E-state index contributed by atoms with van der Waals surface area (Å²) in [5, 5.41) is 8.67. The number of carbonyl (C=O) groups excluding carboxylic acids is 1. The Bertz CT molecular complexity index is 303. The highest BCUT2D eigenvalue weighted by atomic mass is 16.2. The van der Waals surface area contributed by atoms with E-state index in [-0.39, 0.29) is 11.3 Å². The van der Waals surface area contributed by atoms with Crippen LogP contribution in [0.4, 0.5) is 0 Å². The summed E-state index contributed by atoms with van der Waals surface area (Å²) in [4.78, 5) is 14.1. The number of hydrogen-bond acceptors (Lipinski definition) is 2. The number of nitriles is 1.